The van der Waals surface area contributed by atoms with Crippen molar-refractivity contribution in [3.05, 3.63) is 20.0 Å². The second-order valence-corrected chi connectivity index (χ2v) is 4.31. The van der Waals surface area contributed by atoms with Crippen LogP contribution < -0.4 is 5.11 Å². The van der Waals surface area contributed by atoms with E-state index in [1.807, 2.05) is 0 Å². The number of rotatable bonds is 0. The topological polar surface area (TPSA) is 49.1 Å². The fourth-order valence-corrected chi connectivity index (χ4v) is 2.06. The van der Waals surface area contributed by atoms with E-state index in [4.69, 9.17) is 16.0 Å². The minimum absolute atomic E-state index is 0.380. The molecule has 0 saturated heterocycles. The van der Waals surface area contributed by atoms with Crippen molar-refractivity contribution in [1.82, 2.24) is 4.98 Å². The predicted octanol–water partition coefficient (Wildman–Crippen LogP) is 3.08. The number of halogens is 3. The van der Waals surface area contributed by atoms with Crippen molar-refractivity contribution in [2.75, 3.05) is 0 Å². The highest BCUT2D eigenvalue weighted by atomic mass is 79.9. The molecule has 3 nitrogen and oxygen atoms in total. The van der Waals surface area contributed by atoms with Gasteiger partial charge in [0.15, 0.2) is 6.08 Å². The van der Waals surface area contributed by atoms with Crippen LogP contribution in [0, 0.1) is 0 Å². The summed E-state index contributed by atoms with van der Waals surface area (Å²) in [6.07, 6.45) is -0.620. The van der Waals surface area contributed by atoms with Crippen molar-refractivity contribution in [2.45, 2.75) is 0 Å². The van der Waals surface area contributed by atoms with Crippen molar-refractivity contribution in [2.24, 2.45) is 0 Å². The Morgan fingerprint density at radius 2 is 2.08 bits per heavy atom. The Hall–Kier alpha value is -0.260. The van der Waals surface area contributed by atoms with Crippen molar-refractivity contribution in [3.8, 4) is 6.08 Å². The molecule has 0 fully saturated rings. The van der Waals surface area contributed by atoms with Crippen LogP contribution in [0.5, 0.6) is 6.08 Å². The molecule has 0 aliphatic heterocycles. The Labute approximate surface area is 95.0 Å². The third kappa shape index (κ3) is 1.45. The summed E-state index contributed by atoms with van der Waals surface area (Å²) in [4.78, 5) is 3.66. The third-order valence-corrected chi connectivity index (χ3v) is 4.16. The van der Waals surface area contributed by atoms with E-state index < -0.39 is 6.08 Å². The summed E-state index contributed by atoms with van der Waals surface area (Å²) in [7, 11) is 0. The Morgan fingerprint density at radius 3 is 2.77 bits per heavy atom. The Bertz CT molecular complexity index is 483. The van der Waals surface area contributed by atoms with Crippen LogP contribution in [0.4, 0.5) is 0 Å². The van der Waals surface area contributed by atoms with Crippen molar-refractivity contribution < 1.29 is 9.52 Å². The summed E-state index contributed by atoms with van der Waals surface area (Å²) in [5.41, 5.74) is 0.853. The smallest absolute Gasteiger partial charge is 0.156 e. The first-order valence-corrected chi connectivity index (χ1v) is 5.17. The molecule has 1 heterocycles. The van der Waals surface area contributed by atoms with Gasteiger partial charge in [-0.3, -0.25) is 0 Å². The number of aromatic nitrogens is 1. The van der Waals surface area contributed by atoms with E-state index in [1.165, 1.54) is 0 Å². The fraction of sp³-hybridized carbons (Fsp3) is 0. The zero-order valence-corrected chi connectivity index (χ0v) is 9.90. The molecule has 0 bridgehead atoms. The first kappa shape index (κ1) is 9.30. The summed E-state index contributed by atoms with van der Waals surface area (Å²) in [5, 5.41) is 11.3. The van der Waals surface area contributed by atoms with Crippen LogP contribution in [0.25, 0.3) is 11.1 Å². The summed E-state index contributed by atoms with van der Waals surface area (Å²) in [6.45, 7) is 0. The summed E-state index contributed by atoms with van der Waals surface area (Å²) < 4.78 is 6.07. The number of hydrogen-bond acceptors (Lipinski definition) is 3. The van der Waals surface area contributed by atoms with Gasteiger partial charge in [-0.1, -0.05) is 11.6 Å². The average Bonchev–Trinajstić information content (AvgIpc) is 2.42. The second-order valence-electron chi connectivity index (χ2n) is 2.31. The molecule has 2 rings (SSSR count). The molecule has 13 heavy (non-hydrogen) atoms. The number of oxazole rings is 1. The highest BCUT2D eigenvalue weighted by molar-refractivity contribution is 9.13. The molecule has 0 spiro atoms. The molecule has 68 valence electrons. The monoisotopic (exact) mass is 324 g/mol. The van der Waals surface area contributed by atoms with Gasteiger partial charge in [0, 0.05) is 5.58 Å². The molecule has 1 aromatic carbocycles. The van der Waals surface area contributed by atoms with Crippen LogP contribution in [0.15, 0.2) is 19.4 Å². The molecule has 0 unspecified atom stereocenters. The molecule has 0 aliphatic carbocycles. The summed E-state index contributed by atoms with van der Waals surface area (Å²) in [6, 6.07) is 1.54. The van der Waals surface area contributed by atoms with Gasteiger partial charge < -0.3 is 9.52 Å². The number of nitrogens with zero attached hydrogens (tertiary/aromatic N) is 1. The molecule has 2 aromatic rings. The normalized spacial score (nSPS) is 11.0. The maximum Gasteiger partial charge on any atom is 0.156 e. The van der Waals surface area contributed by atoms with Gasteiger partial charge in [-0.25, -0.2) is 4.98 Å². The lowest BCUT2D eigenvalue weighted by Gasteiger charge is -2.00. The van der Waals surface area contributed by atoms with Crippen molar-refractivity contribution in [3.63, 3.8) is 0 Å². The first-order chi connectivity index (χ1) is 6.09. The van der Waals surface area contributed by atoms with Crippen LogP contribution in [0.1, 0.15) is 0 Å². The van der Waals surface area contributed by atoms with E-state index in [9.17, 15) is 5.11 Å². The maximum atomic E-state index is 10.8. The minimum atomic E-state index is -0.620. The standard InChI is InChI=1S/C7H2Br2ClNO2/c8-4-2(10)1-3-6(5(4)9)11-7(12)13-3/h1H,(H,11,12)/p-1. The zero-order valence-electron chi connectivity index (χ0n) is 5.97. The molecule has 0 aliphatic rings. The van der Waals surface area contributed by atoms with Crippen LogP contribution in [0.2, 0.25) is 5.02 Å². The molecular formula is C7HBr2ClNO2-. The van der Waals surface area contributed by atoms with Gasteiger partial charge in [-0.05, 0) is 37.9 Å². The summed E-state index contributed by atoms with van der Waals surface area (Å²) in [5.74, 6) is 0. The molecule has 0 atom stereocenters. The fourth-order valence-electron chi connectivity index (χ4n) is 0.954. The number of benzene rings is 1. The third-order valence-electron chi connectivity index (χ3n) is 1.50. The summed E-state index contributed by atoms with van der Waals surface area (Å²) >= 11 is 12.3. The van der Waals surface area contributed by atoms with Crippen LogP contribution in [-0.4, -0.2) is 4.98 Å². The SMILES string of the molecule is [O-]c1nc2c(Br)c(Br)c(Cl)cc2o1. The Morgan fingerprint density at radius 1 is 1.38 bits per heavy atom. The highest BCUT2D eigenvalue weighted by Crippen LogP contribution is 2.37. The van der Waals surface area contributed by atoms with E-state index in [1.54, 1.807) is 6.07 Å². The molecule has 6 heteroatoms. The molecule has 0 amide bonds. The van der Waals surface area contributed by atoms with Crippen molar-refractivity contribution in [1.29, 1.82) is 0 Å². The van der Waals surface area contributed by atoms with Crippen LogP contribution in [-0.2, 0) is 0 Å². The van der Waals surface area contributed by atoms with Gasteiger partial charge in [0.2, 0.25) is 0 Å². The van der Waals surface area contributed by atoms with E-state index in [0.29, 0.717) is 25.1 Å². The van der Waals surface area contributed by atoms with Gasteiger partial charge in [0.1, 0.15) is 0 Å². The van der Waals surface area contributed by atoms with Crippen LogP contribution in [0.3, 0.4) is 0 Å². The van der Waals surface area contributed by atoms with Gasteiger partial charge in [0.05, 0.1) is 19.5 Å². The molecule has 0 radical (unpaired) electrons. The van der Waals surface area contributed by atoms with Gasteiger partial charge >= 0.3 is 0 Å². The van der Waals surface area contributed by atoms with Gasteiger partial charge in [0.25, 0.3) is 0 Å². The van der Waals surface area contributed by atoms with Crippen molar-refractivity contribution >= 4 is 54.6 Å². The van der Waals surface area contributed by atoms with Crippen LogP contribution >= 0.6 is 43.5 Å². The largest absolute Gasteiger partial charge is 0.564 e. The molecule has 0 saturated carbocycles. The maximum absolute atomic E-state index is 10.8. The van der Waals surface area contributed by atoms with E-state index >= 15 is 0 Å². The first-order valence-electron chi connectivity index (χ1n) is 3.20. The highest BCUT2D eigenvalue weighted by Gasteiger charge is 2.09. The quantitative estimate of drug-likeness (QED) is 0.699. The molecular weight excluding hydrogens is 325 g/mol. The molecule has 1 aromatic heterocycles. The second kappa shape index (κ2) is 3.15. The minimum Gasteiger partial charge on any atom is -0.564 e. The zero-order chi connectivity index (χ0) is 9.59. The van der Waals surface area contributed by atoms with Gasteiger partial charge in [-0.15, -0.1) is 0 Å². The lowest BCUT2D eigenvalue weighted by atomic mass is 10.3. The number of hydrogen-bond donors (Lipinski definition) is 0. The van der Waals surface area contributed by atoms with Gasteiger partial charge in [-0.2, -0.15) is 0 Å². The Balaban J connectivity index is 2.92. The average molecular weight is 326 g/mol. The lowest BCUT2D eigenvalue weighted by molar-refractivity contribution is -0.299. The van der Waals surface area contributed by atoms with E-state index in [-0.39, 0.29) is 0 Å². The lowest BCUT2D eigenvalue weighted by Crippen LogP contribution is -1.86. The molecule has 0 N–H and O–H groups in total. The van der Waals surface area contributed by atoms with E-state index in [0.717, 1.165) is 0 Å². The Kier molecular flexibility index (Phi) is 2.25. The van der Waals surface area contributed by atoms with E-state index in [2.05, 4.69) is 36.8 Å². The predicted molar refractivity (Wildman–Crippen MR) is 53.9 cm³/mol. The number of fused-ring (bicyclic) bond motifs is 1.